The van der Waals surface area contributed by atoms with Crippen molar-refractivity contribution < 1.29 is 14.8 Å². The van der Waals surface area contributed by atoms with Crippen LogP contribution in [-0.4, -0.2) is 25.9 Å². The maximum Gasteiger partial charge on any atom is 0.118 e. The Morgan fingerprint density at radius 2 is 1.88 bits per heavy atom. The van der Waals surface area contributed by atoms with Crippen LogP contribution in [0.4, 0.5) is 0 Å². The van der Waals surface area contributed by atoms with Crippen LogP contribution < -0.4 is 10.1 Å². The summed E-state index contributed by atoms with van der Waals surface area (Å²) in [5, 5.41) is 2.46. The van der Waals surface area contributed by atoms with E-state index in [0.29, 0.717) is 5.41 Å². The maximum absolute atomic E-state index is 6.00. The second-order valence-electron chi connectivity index (χ2n) is 8.85. The van der Waals surface area contributed by atoms with Crippen molar-refractivity contribution in [3.05, 3.63) is 29.8 Å². The number of benzene rings is 1. The molecule has 1 aromatic rings. The first-order chi connectivity index (χ1) is 11.8. The fourth-order valence-electron chi connectivity index (χ4n) is 4.17. The summed E-state index contributed by atoms with van der Waals surface area (Å²) < 4.78 is 11.2. The van der Waals surface area contributed by atoms with Gasteiger partial charge in [0, 0.05) is 18.6 Å². The summed E-state index contributed by atoms with van der Waals surface area (Å²) >= 11 is 0. The van der Waals surface area contributed by atoms with Crippen molar-refractivity contribution in [3.63, 3.8) is 0 Å². The van der Waals surface area contributed by atoms with Gasteiger partial charge in [-0.2, -0.15) is 0 Å². The predicted molar refractivity (Wildman–Crippen MR) is 104 cm³/mol. The second-order valence-corrected chi connectivity index (χ2v) is 8.85. The average Bonchev–Trinajstić information content (AvgIpc) is 2.57. The van der Waals surface area contributed by atoms with Crippen molar-refractivity contribution in [2.45, 2.75) is 71.9 Å². The number of rotatable bonds is 9. The first kappa shape index (κ1) is 20.3. The molecule has 25 heavy (non-hydrogen) atoms. The van der Waals surface area contributed by atoms with Crippen LogP contribution in [0.2, 0.25) is 0 Å². The molecular formula is C22H38NO2+. The lowest BCUT2D eigenvalue weighted by Crippen LogP contribution is -2.83. The van der Waals surface area contributed by atoms with E-state index in [-0.39, 0.29) is 5.60 Å². The molecule has 1 heterocycles. The quantitative estimate of drug-likeness (QED) is 0.680. The van der Waals surface area contributed by atoms with E-state index in [2.05, 4.69) is 45.1 Å². The van der Waals surface area contributed by atoms with Crippen LogP contribution in [0, 0.1) is 11.3 Å². The van der Waals surface area contributed by atoms with E-state index in [0.717, 1.165) is 24.8 Å². The highest BCUT2D eigenvalue weighted by atomic mass is 16.5. The summed E-state index contributed by atoms with van der Waals surface area (Å²) in [6.07, 6.45) is 6.38. The number of quaternary nitrogens is 1. The molecule has 2 rings (SSSR count). The topological polar surface area (TPSA) is 35.1 Å². The highest BCUT2D eigenvalue weighted by molar-refractivity contribution is 5.26. The Balaban J connectivity index is 1.86. The van der Waals surface area contributed by atoms with Crippen LogP contribution in [-0.2, 0) is 11.3 Å². The van der Waals surface area contributed by atoms with Crippen molar-refractivity contribution in [2.24, 2.45) is 11.3 Å². The average molecular weight is 349 g/mol. The minimum atomic E-state index is 0.0329. The van der Waals surface area contributed by atoms with Crippen LogP contribution >= 0.6 is 0 Å². The molecule has 0 aliphatic carbocycles. The van der Waals surface area contributed by atoms with Crippen LogP contribution in [0.25, 0.3) is 0 Å². The van der Waals surface area contributed by atoms with Crippen molar-refractivity contribution in [1.29, 1.82) is 0 Å². The fourth-order valence-corrected chi connectivity index (χ4v) is 4.17. The Morgan fingerprint density at radius 3 is 2.48 bits per heavy atom. The largest absolute Gasteiger partial charge is 0.497 e. The van der Waals surface area contributed by atoms with Gasteiger partial charge in [-0.25, -0.2) is 0 Å². The SMILES string of the molecule is COc1ccc(C[NH2+]CC[C@@]2(CCC(C)C)CCOC(C)(C)C2)cc1. The van der Waals surface area contributed by atoms with Crippen molar-refractivity contribution in [2.75, 3.05) is 20.3 Å². The Bertz CT molecular complexity index is 509. The van der Waals surface area contributed by atoms with E-state index in [4.69, 9.17) is 9.47 Å². The molecule has 3 nitrogen and oxygen atoms in total. The maximum atomic E-state index is 6.00. The van der Waals surface area contributed by atoms with Gasteiger partial charge in [0.05, 0.1) is 19.3 Å². The number of nitrogens with two attached hydrogens (primary N) is 1. The number of methoxy groups -OCH3 is 1. The molecular weight excluding hydrogens is 310 g/mol. The molecule has 0 aromatic heterocycles. The number of ether oxygens (including phenoxy) is 2. The molecule has 0 bridgehead atoms. The molecule has 1 saturated heterocycles. The predicted octanol–water partition coefficient (Wildman–Crippen LogP) is 4.16. The van der Waals surface area contributed by atoms with Gasteiger partial charge in [-0.05, 0) is 68.7 Å². The van der Waals surface area contributed by atoms with Crippen LogP contribution in [0.1, 0.15) is 65.4 Å². The van der Waals surface area contributed by atoms with E-state index in [1.165, 1.54) is 44.2 Å². The molecule has 0 unspecified atom stereocenters. The van der Waals surface area contributed by atoms with Gasteiger partial charge >= 0.3 is 0 Å². The van der Waals surface area contributed by atoms with Gasteiger partial charge < -0.3 is 14.8 Å². The number of hydrogen-bond donors (Lipinski definition) is 1. The van der Waals surface area contributed by atoms with Gasteiger partial charge in [-0.3, -0.25) is 0 Å². The molecule has 0 radical (unpaired) electrons. The van der Waals surface area contributed by atoms with Crippen molar-refractivity contribution >= 4 is 0 Å². The standard InChI is InChI=1S/C22H37NO2/c1-18(2)10-11-22(13-15-25-21(3,4)17-22)12-14-23-16-19-6-8-20(24-5)9-7-19/h6-9,18,23H,10-17H2,1-5H3/p+1/t22-/m0/s1. The lowest BCUT2D eigenvalue weighted by Gasteiger charge is -2.45. The van der Waals surface area contributed by atoms with Crippen LogP contribution in [0.5, 0.6) is 5.75 Å². The molecule has 0 spiro atoms. The Morgan fingerprint density at radius 1 is 1.16 bits per heavy atom. The molecule has 1 aliphatic heterocycles. The van der Waals surface area contributed by atoms with Gasteiger partial charge in [0.15, 0.2) is 0 Å². The zero-order valence-electron chi connectivity index (χ0n) is 16.9. The first-order valence-corrected chi connectivity index (χ1v) is 9.93. The zero-order valence-corrected chi connectivity index (χ0v) is 16.9. The molecule has 3 heteroatoms. The molecule has 1 fully saturated rings. The molecule has 0 saturated carbocycles. The van der Waals surface area contributed by atoms with E-state index in [9.17, 15) is 0 Å². The first-order valence-electron chi connectivity index (χ1n) is 9.93. The third kappa shape index (κ3) is 6.63. The lowest BCUT2D eigenvalue weighted by atomic mass is 9.68. The smallest absolute Gasteiger partial charge is 0.118 e. The van der Waals surface area contributed by atoms with Gasteiger partial charge in [0.25, 0.3) is 0 Å². The fraction of sp³-hybridized carbons (Fsp3) is 0.727. The molecule has 142 valence electrons. The van der Waals surface area contributed by atoms with E-state index in [1.54, 1.807) is 7.11 Å². The van der Waals surface area contributed by atoms with Gasteiger partial charge in [-0.1, -0.05) is 20.3 Å². The van der Waals surface area contributed by atoms with E-state index < -0.39 is 0 Å². The third-order valence-electron chi connectivity index (χ3n) is 5.60. The molecule has 1 aliphatic rings. The Kier molecular flexibility index (Phi) is 7.33. The van der Waals surface area contributed by atoms with E-state index in [1.807, 2.05) is 12.1 Å². The van der Waals surface area contributed by atoms with E-state index >= 15 is 0 Å². The summed E-state index contributed by atoms with van der Waals surface area (Å²) in [5.74, 6) is 1.71. The second kappa shape index (κ2) is 9.05. The summed E-state index contributed by atoms with van der Waals surface area (Å²) in [5.41, 5.74) is 1.86. The van der Waals surface area contributed by atoms with Gasteiger partial charge in [-0.15, -0.1) is 0 Å². The molecule has 0 amide bonds. The number of hydrogen-bond acceptors (Lipinski definition) is 2. The summed E-state index contributed by atoms with van der Waals surface area (Å²) in [6.45, 7) is 12.4. The third-order valence-corrected chi connectivity index (χ3v) is 5.60. The molecule has 1 aromatic carbocycles. The highest BCUT2D eigenvalue weighted by Gasteiger charge is 2.40. The van der Waals surface area contributed by atoms with Gasteiger partial charge in [0.1, 0.15) is 12.3 Å². The lowest BCUT2D eigenvalue weighted by molar-refractivity contribution is -0.672. The van der Waals surface area contributed by atoms with Crippen LogP contribution in [0.3, 0.4) is 0 Å². The minimum Gasteiger partial charge on any atom is -0.497 e. The molecule has 1 atom stereocenters. The summed E-state index contributed by atoms with van der Waals surface area (Å²) in [7, 11) is 1.72. The Hall–Kier alpha value is -1.06. The summed E-state index contributed by atoms with van der Waals surface area (Å²) in [6, 6.07) is 8.44. The highest BCUT2D eigenvalue weighted by Crippen LogP contribution is 2.45. The Labute approximate surface area is 154 Å². The van der Waals surface area contributed by atoms with Crippen molar-refractivity contribution in [3.8, 4) is 5.75 Å². The normalized spacial score (nSPS) is 23.0. The molecule has 2 N–H and O–H groups in total. The monoisotopic (exact) mass is 348 g/mol. The summed E-state index contributed by atoms with van der Waals surface area (Å²) in [4.78, 5) is 0. The minimum absolute atomic E-state index is 0.0329. The van der Waals surface area contributed by atoms with Crippen molar-refractivity contribution in [1.82, 2.24) is 0 Å². The van der Waals surface area contributed by atoms with Gasteiger partial charge in [0.2, 0.25) is 0 Å². The zero-order chi connectivity index (χ0) is 18.3. The van der Waals surface area contributed by atoms with Crippen LogP contribution in [0.15, 0.2) is 24.3 Å².